The quantitative estimate of drug-likeness (QED) is 0.623. The van der Waals surface area contributed by atoms with Gasteiger partial charge in [-0.1, -0.05) is 30.3 Å². The van der Waals surface area contributed by atoms with Crippen LogP contribution in [-0.2, 0) is 6.42 Å². The molecule has 0 spiro atoms. The van der Waals surface area contributed by atoms with E-state index in [0.29, 0.717) is 22.9 Å². The van der Waals surface area contributed by atoms with Gasteiger partial charge in [-0.05, 0) is 43.5 Å². The van der Waals surface area contributed by atoms with Crippen molar-refractivity contribution < 1.29 is 14.3 Å². The zero-order valence-electron chi connectivity index (χ0n) is 16.4. The molecule has 0 saturated carbocycles. The zero-order chi connectivity index (χ0) is 19.9. The molecule has 0 aliphatic heterocycles. The van der Waals surface area contributed by atoms with Crippen molar-refractivity contribution in [3.63, 3.8) is 0 Å². The van der Waals surface area contributed by atoms with E-state index < -0.39 is 0 Å². The topological polar surface area (TPSA) is 76.2 Å². The normalized spacial score (nSPS) is 11.7. The molecule has 3 rings (SSSR count). The first-order chi connectivity index (χ1) is 13.6. The van der Waals surface area contributed by atoms with Gasteiger partial charge in [-0.2, -0.15) is 5.10 Å². The van der Waals surface area contributed by atoms with Crippen LogP contribution in [0.4, 0.5) is 0 Å². The molecule has 146 valence electrons. The average molecular weight is 379 g/mol. The molecule has 1 atom stereocenters. The number of hydrogen-bond donors (Lipinski definition) is 2. The number of H-pyrrole nitrogens is 1. The Bertz CT molecular complexity index is 922. The lowest BCUT2D eigenvalue weighted by atomic mass is 10.1. The predicted octanol–water partition coefficient (Wildman–Crippen LogP) is 3.85. The van der Waals surface area contributed by atoms with Gasteiger partial charge >= 0.3 is 0 Å². The number of carbonyl (C=O) groups excluding carboxylic acids is 1. The van der Waals surface area contributed by atoms with Crippen LogP contribution in [0.3, 0.4) is 0 Å². The van der Waals surface area contributed by atoms with Gasteiger partial charge in [-0.3, -0.25) is 9.89 Å². The molecule has 6 heteroatoms. The van der Waals surface area contributed by atoms with Crippen molar-refractivity contribution in [3.05, 3.63) is 65.9 Å². The standard InChI is InChI=1S/C22H25N3O3/c1-15(9-10-16-7-5-4-6-8-16)23-22(26)20-14-19(24-25-20)18-12-11-17(27-2)13-21(18)28-3/h4-8,11-15H,9-10H2,1-3H3,(H,23,26)(H,24,25)/t15-/m0/s1. The first-order valence-corrected chi connectivity index (χ1v) is 9.23. The second-order valence-electron chi connectivity index (χ2n) is 6.63. The summed E-state index contributed by atoms with van der Waals surface area (Å²) in [5, 5.41) is 10.1. The Morgan fingerprint density at radius 2 is 1.89 bits per heavy atom. The van der Waals surface area contributed by atoms with Crippen LogP contribution in [0.2, 0.25) is 0 Å². The summed E-state index contributed by atoms with van der Waals surface area (Å²) in [6.45, 7) is 2.00. The Labute approximate surface area is 164 Å². The van der Waals surface area contributed by atoms with Crippen molar-refractivity contribution in [2.24, 2.45) is 0 Å². The van der Waals surface area contributed by atoms with Crippen molar-refractivity contribution in [2.75, 3.05) is 14.2 Å². The van der Waals surface area contributed by atoms with Gasteiger partial charge in [0.05, 0.1) is 19.9 Å². The summed E-state index contributed by atoms with van der Waals surface area (Å²) in [6, 6.07) is 17.5. The van der Waals surface area contributed by atoms with E-state index >= 15 is 0 Å². The molecule has 28 heavy (non-hydrogen) atoms. The monoisotopic (exact) mass is 379 g/mol. The molecule has 0 unspecified atom stereocenters. The molecule has 0 bridgehead atoms. The minimum atomic E-state index is -0.174. The van der Waals surface area contributed by atoms with Crippen molar-refractivity contribution in [1.29, 1.82) is 0 Å². The fourth-order valence-corrected chi connectivity index (χ4v) is 2.99. The number of aromatic amines is 1. The minimum absolute atomic E-state index is 0.0509. The number of methoxy groups -OCH3 is 2. The number of nitrogens with zero attached hydrogens (tertiary/aromatic N) is 1. The van der Waals surface area contributed by atoms with Crippen LogP contribution in [0, 0.1) is 0 Å². The first kappa shape index (κ1) is 19.5. The fourth-order valence-electron chi connectivity index (χ4n) is 2.99. The SMILES string of the molecule is COc1ccc(-c2cc(C(=O)N[C@@H](C)CCc3ccccc3)[nH]n2)c(OC)c1. The molecule has 1 heterocycles. The van der Waals surface area contributed by atoms with E-state index in [9.17, 15) is 4.79 Å². The molecule has 0 saturated heterocycles. The van der Waals surface area contributed by atoms with Gasteiger partial charge < -0.3 is 14.8 Å². The zero-order valence-corrected chi connectivity index (χ0v) is 16.4. The van der Waals surface area contributed by atoms with Crippen LogP contribution in [0.15, 0.2) is 54.6 Å². The van der Waals surface area contributed by atoms with E-state index in [4.69, 9.17) is 9.47 Å². The molecule has 1 amide bonds. The number of ether oxygens (including phenoxy) is 2. The molecular formula is C22H25N3O3. The summed E-state index contributed by atoms with van der Waals surface area (Å²) in [5.74, 6) is 1.15. The molecule has 6 nitrogen and oxygen atoms in total. The lowest BCUT2D eigenvalue weighted by molar-refractivity contribution is 0.0933. The van der Waals surface area contributed by atoms with Crippen LogP contribution in [0.1, 0.15) is 29.4 Å². The molecule has 0 fully saturated rings. The van der Waals surface area contributed by atoms with Crippen LogP contribution >= 0.6 is 0 Å². The Kier molecular flexibility index (Phi) is 6.32. The molecule has 2 aromatic carbocycles. The molecule has 1 aromatic heterocycles. The number of amides is 1. The van der Waals surface area contributed by atoms with E-state index in [1.165, 1.54) is 5.56 Å². The van der Waals surface area contributed by atoms with Gasteiger partial charge in [-0.25, -0.2) is 0 Å². The van der Waals surface area contributed by atoms with Gasteiger partial charge in [0.2, 0.25) is 0 Å². The van der Waals surface area contributed by atoms with Crippen molar-refractivity contribution in [3.8, 4) is 22.8 Å². The summed E-state index contributed by atoms with van der Waals surface area (Å²) in [5.41, 5.74) is 3.11. The minimum Gasteiger partial charge on any atom is -0.497 e. The molecular weight excluding hydrogens is 354 g/mol. The van der Waals surface area contributed by atoms with E-state index in [1.54, 1.807) is 26.4 Å². The number of benzene rings is 2. The maximum absolute atomic E-state index is 12.5. The van der Waals surface area contributed by atoms with Crippen LogP contribution in [0.5, 0.6) is 11.5 Å². The molecule has 0 aliphatic carbocycles. The summed E-state index contributed by atoms with van der Waals surface area (Å²) < 4.78 is 10.6. The number of aromatic nitrogens is 2. The van der Waals surface area contributed by atoms with Crippen LogP contribution in [0.25, 0.3) is 11.3 Å². The smallest absolute Gasteiger partial charge is 0.269 e. The first-order valence-electron chi connectivity index (χ1n) is 9.23. The van der Waals surface area contributed by atoms with Crippen LogP contribution in [-0.4, -0.2) is 36.4 Å². The number of hydrogen-bond acceptors (Lipinski definition) is 4. The second-order valence-corrected chi connectivity index (χ2v) is 6.63. The van der Waals surface area contributed by atoms with Gasteiger partial charge in [0.1, 0.15) is 17.2 Å². The lowest BCUT2D eigenvalue weighted by Gasteiger charge is -2.13. The van der Waals surface area contributed by atoms with Gasteiger partial charge in [0, 0.05) is 17.7 Å². The molecule has 0 aliphatic rings. The third-order valence-electron chi connectivity index (χ3n) is 4.59. The maximum atomic E-state index is 12.5. The number of nitrogens with one attached hydrogen (secondary N) is 2. The highest BCUT2D eigenvalue weighted by atomic mass is 16.5. The molecule has 3 aromatic rings. The fraction of sp³-hybridized carbons (Fsp3) is 0.273. The lowest BCUT2D eigenvalue weighted by Crippen LogP contribution is -2.33. The van der Waals surface area contributed by atoms with Crippen molar-refractivity contribution >= 4 is 5.91 Å². The van der Waals surface area contributed by atoms with Crippen molar-refractivity contribution in [2.45, 2.75) is 25.8 Å². The predicted molar refractivity (Wildman–Crippen MR) is 109 cm³/mol. The van der Waals surface area contributed by atoms with Gasteiger partial charge in [-0.15, -0.1) is 0 Å². The average Bonchev–Trinajstić information content (AvgIpc) is 3.22. The van der Waals surface area contributed by atoms with Gasteiger partial charge in [0.25, 0.3) is 5.91 Å². The largest absolute Gasteiger partial charge is 0.497 e. The van der Waals surface area contributed by atoms with Gasteiger partial charge in [0.15, 0.2) is 0 Å². The van der Waals surface area contributed by atoms with Crippen molar-refractivity contribution in [1.82, 2.24) is 15.5 Å². The van der Waals surface area contributed by atoms with E-state index in [0.717, 1.165) is 18.4 Å². The van der Waals surface area contributed by atoms with Crippen LogP contribution < -0.4 is 14.8 Å². The second kappa shape index (κ2) is 9.08. The Morgan fingerprint density at radius 3 is 2.61 bits per heavy atom. The summed E-state index contributed by atoms with van der Waals surface area (Å²) in [7, 11) is 3.19. The third-order valence-corrected chi connectivity index (χ3v) is 4.59. The van der Waals surface area contributed by atoms with E-state index in [2.05, 4.69) is 27.6 Å². The Balaban J connectivity index is 1.64. The highest BCUT2D eigenvalue weighted by molar-refractivity contribution is 5.93. The third kappa shape index (κ3) is 4.71. The van der Waals surface area contributed by atoms with E-state index in [1.807, 2.05) is 37.3 Å². The number of carbonyl (C=O) groups is 1. The summed E-state index contributed by atoms with van der Waals surface area (Å²) >= 11 is 0. The van der Waals surface area contributed by atoms with E-state index in [-0.39, 0.29) is 11.9 Å². The molecule has 2 N–H and O–H groups in total. The number of rotatable bonds is 8. The highest BCUT2D eigenvalue weighted by Crippen LogP contribution is 2.32. The highest BCUT2D eigenvalue weighted by Gasteiger charge is 2.16. The number of aryl methyl sites for hydroxylation is 1. The summed E-state index contributed by atoms with van der Waals surface area (Å²) in [6.07, 6.45) is 1.78. The maximum Gasteiger partial charge on any atom is 0.269 e. The summed E-state index contributed by atoms with van der Waals surface area (Å²) in [4.78, 5) is 12.5. The Hall–Kier alpha value is -3.28. The molecule has 0 radical (unpaired) electrons. The Morgan fingerprint density at radius 1 is 1.11 bits per heavy atom.